The van der Waals surface area contributed by atoms with Crippen molar-refractivity contribution in [1.29, 1.82) is 0 Å². The van der Waals surface area contributed by atoms with E-state index in [0.29, 0.717) is 0 Å². The molecule has 0 unspecified atom stereocenters. The molecule has 0 aliphatic carbocycles. The van der Waals surface area contributed by atoms with Gasteiger partial charge in [-0.3, -0.25) is 0 Å². The first-order chi connectivity index (χ1) is 8.98. The quantitative estimate of drug-likeness (QED) is 0.865. The molecule has 0 bridgehead atoms. The maximum Gasteiger partial charge on any atom is 0.134 e. The molecule has 19 heavy (non-hydrogen) atoms. The van der Waals surface area contributed by atoms with Gasteiger partial charge in [0.1, 0.15) is 11.3 Å². The highest BCUT2D eigenvalue weighted by Crippen LogP contribution is 2.21. The maximum atomic E-state index is 5.83. The zero-order chi connectivity index (χ0) is 13.9. The topological polar surface area (TPSA) is 25.2 Å². The van der Waals surface area contributed by atoms with Gasteiger partial charge in [-0.1, -0.05) is 30.7 Å². The number of benzene rings is 1. The van der Waals surface area contributed by atoms with E-state index in [-0.39, 0.29) is 5.54 Å². The minimum Gasteiger partial charge on any atom is -0.457 e. The molecule has 2 nitrogen and oxygen atoms in total. The number of nitrogens with one attached hydrogen (secondary N) is 1. The van der Waals surface area contributed by atoms with Gasteiger partial charge in [0, 0.05) is 17.5 Å². The second-order valence-corrected chi connectivity index (χ2v) is 5.95. The zero-order valence-electron chi connectivity index (χ0n) is 12.3. The van der Waals surface area contributed by atoms with Crippen molar-refractivity contribution >= 4 is 17.0 Å². The normalized spacial score (nSPS) is 13.2. The highest BCUT2D eigenvalue weighted by atomic mass is 16.3. The second-order valence-electron chi connectivity index (χ2n) is 5.95. The van der Waals surface area contributed by atoms with Gasteiger partial charge in [-0.15, -0.1) is 0 Å². The molecule has 0 radical (unpaired) electrons. The first-order valence-corrected chi connectivity index (χ1v) is 6.91. The summed E-state index contributed by atoms with van der Waals surface area (Å²) in [5, 5.41) is 4.68. The molecule has 0 aliphatic heterocycles. The highest BCUT2D eigenvalue weighted by molar-refractivity contribution is 5.79. The van der Waals surface area contributed by atoms with E-state index in [2.05, 4.69) is 51.2 Å². The number of furan rings is 1. The van der Waals surface area contributed by atoms with Crippen LogP contribution >= 0.6 is 0 Å². The van der Waals surface area contributed by atoms with Gasteiger partial charge in [0.15, 0.2) is 0 Å². The van der Waals surface area contributed by atoms with Gasteiger partial charge in [0.25, 0.3) is 0 Å². The summed E-state index contributed by atoms with van der Waals surface area (Å²) in [5.74, 6) is 0.939. The fraction of sp³-hybridized carbons (Fsp3) is 0.412. The number of para-hydroxylation sites is 1. The Kier molecular flexibility index (Phi) is 4.11. The summed E-state index contributed by atoms with van der Waals surface area (Å²) in [6.07, 6.45) is 3.18. The van der Waals surface area contributed by atoms with Gasteiger partial charge in [-0.25, -0.2) is 0 Å². The summed E-state index contributed by atoms with van der Waals surface area (Å²) in [7, 11) is 0. The Morgan fingerprint density at radius 1 is 1.26 bits per heavy atom. The largest absolute Gasteiger partial charge is 0.457 e. The third-order valence-electron chi connectivity index (χ3n) is 3.09. The third kappa shape index (κ3) is 3.97. The Labute approximate surface area is 115 Å². The van der Waals surface area contributed by atoms with Crippen molar-refractivity contribution < 1.29 is 4.42 Å². The Hall–Kier alpha value is -1.54. The van der Waals surface area contributed by atoms with Gasteiger partial charge < -0.3 is 9.73 Å². The molecule has 102 valence electrons. The van der Waals surface area contributed by atoms with Crippen LogP contribution in [0.3, 0.4) is 0 Å². The standard InChI is InChI=1S/C17H23NO/c1-5-13(12-18-17(2,3)4)10-15-11-14-8-6-7-9-16(14)19-15/h6-11,18H,5,12H2,1-4H3. The van der Waals surface area contributed by atoms with Gasteiger partial charge >= 0.3 is 0 Å². The predicted octanol–water partition coefficient (Wildman–Crippen LogP) is 4.61. The van der Waals surface area contributed by atoms with E-state index in [1.54, 1.807) is 0 Å². The van der Waals surface area contributed by atoms with Crippen molar-refractivity contribution in [3.63, 3.8) is 0 Å². The summed E-state index contributed by atoms with van der Waals surface area (Å²) in [6, 6.07) is 10.2. The Morgan fingerprint density at radius 3 is 2.63 bits per heavy atom. The summed E-state index contributed by atoms with van der Waals surface area (Å²) in [6.45, 7) is 9.63. The lowest BCUT2D eigenvalue weighted by molar-refractivity contribution is 0.443. The molecular weight excluding hydrogens is 234 g/mol. The van der Waals surface area contributed by atoms with E-state index in [1.807, 2.05) is 18.2 Å². The van der Waals surface area contributed by atoms with Crippen molar-refractivity contribution in [1.82, 2.24) is 5.32 Å². The van der Waals surface area contributed by atoms with Crippen LogP contribution in [0.25, 0.3) is 17.0 Å². The lowest BCUT2D eigenvalue weighted by Crippen LogP contribution is -2.36. The molecule has 1 N–H and O–H groups in total. The molecule has 2 aromatic rings. The van der Waals surface area contributed by atoms with Crippen LogP contribution in [0, 0.1) is 0 Å². The van der Waals surface area contributed by atoms with Crippen molar-refractivity contribution in [2.75, 3.05) is 6.54 Å². The molecule has 1 aromatic carbocycles. The van der Waals surface area contributed by atoms with E-state index in [4.69, 9.17) is 4.42 Å². The molecule has 0 saturated heterocycles. The molecule has 1 aromatic heterocycles. The van der Waals surface area contributed by atoms with Gasteiger partial charge in [-0.05, 0) is 45.4 Å². The molecule has 2 rings (SSSR count). The monoisotopic (exact) mass is 257 g/mol. The van der Waals surface area contributed by atoms with E-state index in [0.717, 1.165) is 29.7 Å². The minimum atomic E-state index is 0.141. The third-order valence-corrected chi connectivity index (χ3v) is 3.09. The fourth-order valence-corrected chi connectivity index (χ4v) is 1.93. The van der Waals surface area contributed by atoms with Crippen LogP contribution in [-0.4, -0.2) is 12.1 Å². The predicted molar refractivity (Wildman–Crippen MR) is 82.2 cm³/mol. The average Bonchev–Trinajstić information content (AvgIpc) is 2.75. The van der Waals surface area contributed by atoms with E-state index in [9.17, 15) is 0 Å². The van der Waals surface area contributed by atoms with E-state index >= 15 is 0 Å². The lowest BCUT2D eigenvalue weighted by atomic mass is 10.1. The van der Waals surface area contributed by atoms with Crippen LogP contribution in [0.5, 0.6) is 0 Å². The summed E-state index contributed by atoms with van der Waals surface area (Å²) in [4.78, 5) is 0. The van der Waals surface area contributed by atoms with Crippen molar-refractivity contribution in [2.24, 2.45) is 0 Å². The molecule has 0 atom stereocenters. The summed E-state index contributed by atoms with van der Waals surface area (Å²) >= 11 is 0. The maximum absolute atomic E-state index is 5.83. The average molecular weight is 257 g/mol. The van der Waals surface area contributed by atoms with Gasteiger partial charge in [0.05, 0.1) is 0 Å². The number of hydrogen-bond donors (Lipinski definition) is 1. The molecule has 0 spiro atoms. The first-order valence-electron chi connectivity index (χ1n) is 6.91. The van der Waals surface area contributed by atoms with Crippen LogP contribution in [0.2, 0.25) is 0 Å². The Bertz CT molecular complexity index is 539. The Balaban J connectivity index is 2.17. The molecule has 0 fully saturated rings. The van der Waals surface area contributed by atoms with Crippen LogP contribution < -0.4 is 5.32 Å². The van der Waals surface area contributed by atoms with Gasteiger partial charge in [-0.2, -0.15) is 0 Å². The van der Waals surface area contributed by atoms with E-state index < -0.39 is 0 Å². The molecule has 2 heteroatoms. The van der Waals surface area contributed by atoms with Crippen molar-refractivity contribution in [3.8, 4) is 0 Å². The van der Waals surface area contributed by atoms with Crippen molar-refractivity contribution in [2.45, 2.75) is 39.7 Å². The Morgan fingerprint density at radius 2 is 2.00 bits per heavy atom. The fourth-order valence-electron chi connectivity index (χ4n) is 1.93. The van der Waals surface area contributed by atoms with Crippen LogP contribution in [0.1, 0.15) is 39.9 Å². The van der Waals surface area contributed by atoms with Gasteiger partial charge in [0.2, 0.25) is 0 Å². The summed E-state index contributed by atoms with van der Waals surface area (Å²) in [5.41, 5.74) is 2.45. The zero-order valence-corrected chi connectivity index (χ0v) is 12.3. The molecule has 0 saturated carbocycles. The van der Waals surface area contributed by atoms with Crippen molar-refractivity contribution in [3.05, 3.63) is 41.7 Å². The van der Waals surface area contributed by atoms with Crippen LogP contribution in [0.15, 0.2) is 40.3 Å². The van der Waals surface area contributed by atoms with Crippen LogP contribution in [-0.2, 0) is 0 Å². The number of fused-ring (bicyclic) bond motifs is 1. The molecule has 1 heterocycles. The number of hydrogen-bond acceptors (Lipinski definition) is 2. The number of rotatable bonds is 4. The minimum absolute atomic E-state index is 0.141. The SMILES string of the molecule is CCC(=Cc1cc2ccccc2o1)CNC(C)(C)C. The van der Waals surface area contributed by atoms with Crippen LogP contribution in [0.4, 0.5) is 0 Å². The first kappa shape index (κ1) is 13.9. The smallest absolute Gasteiger partial charge is 0.134 e. The van der Waals surface area contributed by atoms with E-state index in [1.165, 1.54) is 5.57 Å². The lowest BCUT2D eigenvalue weighted by Gasteiger charge is -2.21. The highest BCUT2D eigenvalue weighted by Gasteiger charge is 2.09. The summed E-state index contributed by atoms with van der Waals surface area (Å²) < 4.78 is 5.83. The molecule has 0 aliphatic rings. The second kappa shape index (κ2) is 5.62. The molecule has 0 amide bonds. The molecular formula is C17H23NO.